The first kappa shape index (κ1) is 17.4. The van der Waals surface area contributed by atoms with Crippen LogP contribution in [0.3, 0.4) is 0 Å². The molecule has 1 aliphatic carbocycles. The number of carbonyl (C=O) groups excluding carboxylic acids is 2. The molecule has 3 rings (SSSR count). The van der Waals surface area contributed by atoms with Crippen molar-refractivity contribution in [2.24, 2.45) is 11.8 Å². The van der Waals surface area contributed by atoms with Gasteiger partial charge in [0.1, 0.15) is 0 Å². The van der Waals surface area contributed by atoms with Crippen LogP contribution in [0.1, 0.15) is 12.0 Å². The summed E-state index contributed by atoms with van der Waals surface area (Å²) in [5.74, 6) is -2.12. The Morgan fingerprint density at radius 1 is 1.16 bits per heavy atom. The summed E-state index contributed by atoms with van der Waals surface area (Å²) in [7, 11) is 2.04. The van der Waals surface area contributed by atoms with Gasteiger partial charge in [-0.15, -0.1) is 0 Å². The molecule has 2 fully saturated rings. The van der Waals surface area contributed by atoms with Crippen LogP contribution in [0.5, 0.6) is 0 Å². The van der Waals surface area contributed by atoms with Gasteiger partial charge in [-0.3, -0.25) is 14.4 Å². The van der Waals surface area contributed by atoms with E-state index < -0.39 is 17.8 Å². The molecule has 7 heteroatoms. The summed E-state index contributed by atoms with van der Waals surface area (Å²) in [5, 5.41) is 11.7. The molecule has 1 heterocycles. The summed E-state index contributed by atoms with van der Waals surface area (Å²) in [6, 6.07) is 7.19. The highest BCUT2D eigenvalue weighted by Crippen LogP contribution is 2.39. The number of hydrogen-bond donors (Lipinski definition) is 2. The Hall–Kier alpha value is -2.41. The van der Waals surface area contributed by atoms with Crippen molar-refractivity contribution in [3.8, 4) is 0 Å². The van der Waals surface area contributed by atoms with E-state index in [0.717, 1.165) is 31.7 Å². The van der Waals surface area contributed by atoms with Crippen LogP contribution in [0.2, 0.25) is 0 Å². The van der Waals surface area contributed by atoms with Crippen molar-refractivity contribution in [1.29, 1.82) is 0 Å². The lowest BCUT2D eigenvalue weighted by atomic mass is 10.1. The molecular weight excluding hydrogens is 322 g/mol. The Bertz CT molecular complexity index is 683. The van der Waals surface area contributed by atoms with Gasteiger partial charge in [-0.1, -0.05) is 12.1 Å². The first-order chi connectivity index (χ1) is 11.9. The maximum atomic E-state index is 12.4. The second-order valence-corrected chi connectivity index (χ2v) is 6.84. The summed E-state index contributed by atoms with van der Waals surface area (Å²) >= 11 is 0. The summed E-state index contributed by atoms with van der Waals surface area (Å²) < 4.78 is 0. The van der Waals surface area contributed by atoms with Crippen LogP contribution in [-0.2, 0) is 20.8 Å². The molecule has 0 unspecified atom stereocenters. The fourth-order valence-corrected chi connectivity index (χ4v) is 3.09. The van der Waals surface area contributed by atoms with Gasteiger partial charge in [-0.2, -0.15) is 0 Å². The molecule has 2 aliphatic rings. The molecule has 0 aromatic heterocycles. The number of rotatable bonds is 5. The lowest BCUT2D eigenvalue weighted by Gasteiger charge is -2.32. The summed E-state index contributed by atoms with van der Waals surface area (Å²) in [6.07, 6.45) is 0.692. The molecule has 25 heavy (non-hydrogen) atoms. The predicted molar refractivity (Wildman–Crippen MR) is 92.1 cm³/mol. The van der Waals surface area contributed by atoms with E-state index in [1.54, 1.807) is 18.2 Å². The number of hydrogen-bond acceptors (Lipinski definition) is 4. The zero-order valence-corrected chi connectivity index (χ0v) is 14.3. The second kappa shape index (κ2) is 7.23. The molecule has 2 atom stereocenters. The highest BCUT2D eigenvalue weighted by atomic mass is 16.4. The third-order valence-corrected chi connectivity index (χ3v) is 4.85. The summed E-state index contributed by atoms with van der Waals surface area (Å²) in [6.45, 7) is 3.25. The Balaban J connectivity index is 1.55. The van der Waals surface area contributed by atoms with Gasteiger partial charge < -0.3 is 20.2 Å². The number of carboxylic acid groups (broad SMARTS) is 1. The van der Waals surface area contributed by atoms with Crippen molar-refractivity contribution in [2.75, 3.05) is 38.5 Å². The number of piperazine rings is 1. The highest BCUT2D eigenvalue weighted by molar-refractivity contribution is 5.98. The minimum Gasteiger partial charge on any atom is -0.481 e. The molecule has 7 nitrogen and oxygen atoms in total. The number of likely N-dealkylation sites (N-methyl/N-ethyl adjacent to an activating group) is 1. The van der Waals surface area contributed by atoms with Gasteiger partial charge in [0.15, 0.2) is 0 Å². The van der Waals surface area contributed by atoms with Gasteiger partial charge in [0.05, 0.1) is 18.3 Å². The van der Waals surface area contributed by atoms with Crippen molar-refractivity contribution in [1.82, 2.24) is 9.80 Å². The van der Waals surface area contributed by atoms with E-state index in [4.69, 9.17) is 5.11 Å². The molecule has 1 aromatic carbocycles. The lowest BCUT2D eigenvalue weighted by molar-refractivity contribution is -0.139. The van der Waals surface area contributed by atoms with Crippen molar-refractivity contribution < 1.29 is 19.5 Å². The largest absolute Gasteiger partial charge is 0.481 e. The average Bonchev–Trinajstić information content (AvgIpc) is 3.36. The number of carbonyl (C=O) groups is 3. The highest BCUT2D eigenvalue weighted by Gasteiger charge is 2.48. The third-order valence-electron chi connectivity index (χ3n) is 4.85. The molecule has 1 aliphatic heterocycles. The summed E-state index contributed by atoms with van der Waals surface area (Å²) in [4.78, 5) is 39.4. The molecule has 2 amide bonds. The number of carboxylic acids is 1. The average molecular weight is 345 g/mol. The van der Waals surface area contributed by atoms with Crippen LogP contribution in [0, 0.1) is 11.8 Å². The van der Waals surface area contributed by atoms with Crippen molar-refractivity contribution in [3.05, 3.63) is 29.8 Å². The van der Waals surface area contributed by atoms with Gasteiger partial charge in [0, 0.05) is 31.9 Å². The number of nitrogens with zero attached hydrogens (tertiary/aromatic N) is 2. The molecule has 2 N–H and O–H groups in total. The Labute approximate surface area is 146 Å². The zero-order chi connectivity index (χ0) is 18.0. The maximum Gasteiger partial charge on any atom is 0.307 e. The Kier molecular flexibility index (Phi) is 5.03. The monoisotopic (exact) mass is 345 g/mol. The number of anilines is 1. The SMILES string of the molecule is CN1CCN(C(=O)Cc2cccc(NC(=O)[C@@H]3C[C@H]3C(=O)O)c2)CC1. The molecule has 0 spiro atoms. The quantitative estimate of drug-likeness (QED) is 0.818. The van der Waals surface area contributed by atoms with Gasteiger partial charge in [0.25, 0.3) is 0 Å². The Morgan fingerprint density at radius 3 is 2.52 bits per heavy atom. The number of amides is 2. The standard InChI is InChI=1S/C18H23N3O4/c1-20-5-7-21(8-6-20)16(22)10-12-3-2-4-13(9-12)19-17(23)14-11-15(14)18(24)25/h2-4,9,14-15H,5-8,10-11H2,1H3,(H,19,23)(H,24,25)/t14-,15-/m1/s1. The minimum atomic E-state index is -0.924. The van der Waals surface area contributed by atoms with Gasteiger partial charge in [-0.05, 0) is 31.2 Å². The van der Waals surface area contributed by atoms with Gasteiger partial charge >= 0.3 is 5.97 Å². The summed E-state index contributed by atoms with van der Waals surface area (Å²) in [5.41, 5.74) is 1.44. The maximum absolute atomic E-state index is 12.4. The molecule has 134 valence electrons. The van der Waals surface area contributed by atoms with E-state index in [-0.39, 0.29) is 11.8 Å². The normalized spacial score (nSPS) is 23.2. The first-order valence-electron chi connectivity index (χ1n) is 8.53. The van der Waals surface area contributed by atoms with Crippen LogP contribution in [0.4, 0.5) is 5.69 Å². The zero-order valence-electron chi connectivity index (χ0n) is 14.3. The van der Waals surface area contributed by atoms with Crippen LogP contribution in [0.25, 0.3) is 0 Å². The number of aliphatic carboxylic acids is 1. The van der Waals surface area contributed by atoms with E-state index in [2.05, 4.69) is 10.2 Å². The predicted octanol–water partition coefficient (Wildman–Crippen LogP) is 0.662. The first-order valence-corrected chi connectivity index (χ1v) is 8.53. The van der Waals surface area contributed by atoms with Crippen molar-refractivity contribution in [2.45, 2.75) is 12.8 Å². The Morgan fingerprint density at radius 2 is 1.88 bits per heavy atom. The van der Waals surface area contributed by atoms with Crippen molar-refractivity contribution >= 4 is 23.5 Å². The molecule has 0 radical (unpaired) electrons. The fourth-order valence-electron chi connectivity index (χ4n) is 3.09. The minimum absolute atomic E-state index is 0.0877. The van der Waals surface area contributed by atoms with E-state index in [1.807, 2.05) is 18.0 Å². The van der Waals surface area contributed by atoms with Crippen LogP contribution >= 0.6 is 0 Å². The number of nitrogens with one attached hydrogen (secondary N) is 1. The van der Waals surface area contributed by atoms with Crippen molar-refractivity contribution in [3.63, 3.8) is 0 Å². The second-order valence-electron chi connectivity index (χ2n) is 6.84. The molecular formula is C18H23N3O4. The lowest BCUT2D eigenvalue weighted by Crippen LogP contribution is -2.47. The van der Waals surface area contributed by atoms with Crippen LogP contribution in [0.15, 0.2) is 24.3 Å². The van der Waals surface area contributed by atoms with Crippen LogP contribution in [-0.4, -0.2) is 65.9 Å². The molecule has 0 bridgehead atoms. The topological polar surface area (TPSA) is 90.0 Å². The van der Waals surface area contributed by atoms with E-state index in [9.17, 15) is 14.4 Å². The fraction of sp³-hybridized carbons (Fsp3) is 0.500. The number of benzene rings is 1. The van der Waals surface area contributed by atoms with E-state index >= 15 is 0 Å². The van der Waals surface area contributed by atoms with Crippen LogP contribution < -0.4 is 5.32 Å². The third kappa shape index (κ3) is 4.36. The van der Waals surface area contributed by atoms with Gasteiger partial charge in [0.2, 0.25) is 11.8 Å². The van der Waals surface area contributed by atoms with Gasteiger partial charge in [-0.25, -0.2) is 0 Å². The molecule has 1 aromatic rings. The molecule has 1 saturated heterocycles. The van der Waals surface area contributed by atoms with E-state index in [0.29, 0.717) is 18.5 Å². The smallest absolute Gasteiger partial charge is 0.307 e. The molecule has 1 saturated carbocycles. The van der Waals surface area contributed by atoms with E-state index in [1.165, 1.54) is 0 Å².